The molecule has 2 heterocycles. The molecule has 0 atom stereocenters. The number of nitrogens with zero attached hydrogens (tertiary/aromatic N) is 2. The highest BCUT2D eigenvalue weighted by Gasteiger charge is 2.52. The van der Waals surface area contributed by atoms with Crippen LogP contribution in [0.5, 0.6) is 0 Å². The van der Waals surface area contributed by atoms with Gasteiger partial charge in [-0.3, -0.25) is 4.79 Å². The number of carbonyl (C=O) groups is 1. The van der Waals surface area contributed by atoms with Gasteiger partial charge in [0, 0.05) is 17.8 Å². The van der Waals surface area contributed by atoms with E-state index >= 15 is 0 Å². The van der Waals surface area contributed by atoms with Crippen LogP contribution in [0.2, 0.25) is 0 Å². The van der Waals surface area contributed by atoms with Crippen LogP contribution in [0.3, 0.4) is 0 Å². The highest BCUT2D eigenvalue weighted by molar-refractivity contribution is 5.93. The van der Waals surface area contributed by atoms with E-state index < -0.39 is 5.54 Å². The fraction of sp³-hybridized carbons (Fsp3) is 0.276. The van der Waals surface area contributed by atoms with Crippen molar-refractivity contribution in [1.29, 1.82) is 0 Å². The molecule has 0 aromatic heterocycles. The van der Waals surface area contributed by atoms with E-state index in [1.165, 1.54) is 0 Å². The molecule has 5 heteroatoms. The van der Waals surface area contributed by atoms with Gasteiger partial charge in [0.2, 0.25) is 5.91 Å². The van der Waals surface area contributed by atoms with E-state index in [1.807, 2.05) is 65.6 Å². The van der Waals surface area contributed by atoms with Gasteiger partial charge in [-0.25, -0.2) is 0 Å². The first kappa shape index (κ1) is 22.2. The van der Waals surface area contributed by atoms with Crippen LogP contribution in [0.25, 0.3) is 5.76 Å². The molecule has 0 radical (unpaired) electrons. The third-order valence-corrected chi connectivity index (χ3v) is 6.89. The number of piperidine rings is 1. The Hall–Kier alpha value is -3.57. The van der Waals surface area contributed by atoms with Crippen molar-refractivity contribution < 1.29 is 9.53 Å². The molecular formula is C29H31N3O2. The predicted octanol–water partition coefficient (Wildman–Crippen LogP) is 4.80. The summed E-state index contributed by atoms with van der Waals surface area (Å²) in [6, 6.07) is 28.6. The highest BCUT2D eigenvalue weighted by atomic mass is 16.5. The van der Waals surface area contributed by atoms with Gasteiger partial charge >= 0.3 is 0 Å². The zero-order chi connectivity index (χ0) is 23.4. The summed E-state index contributed by atoms with van der Waals surface area (Å²) in [5.74, 6) is 0.863. The molecule has 5 nitrogen and oxygen atoms in total. The zero-order valence-corrected chi connectivity index (χ0v) is 19.5. The quantitative estimate of drug-likeness (QED) is 0.522. The maximum Gasteiger partial charge on any atom is 0.250 e. The molecule has 1 N–H and O–H groups in total. The second kappa shape index (κ2) is 9.74. The van der Waals surface area contributed by atoms with Crippen molar-refractivity contribution in [2.45, 2.75) is 31.5 Å². The molecule has 2 saturated heterocycles. The molecule has 2 aliphatic rings. The average Bonchev–Trinajstić information content (AvgIpc) is 3.15. The lowest BCUT2D eigenvalue weighted by Crippen LogP contribution is -2.55. The molecule has 0 unspecified atom stereocenters. The SMILES string of the molecule is C=C(OCc1ccccc1)c1cccc(CN2CN(c3ccccc3)C3(CCNCC3)C2=O)c1. The largest absolute Gasteiger partial charge is 0.489 e. The molecule has 0 aliphatic carbocycles. The van der Waals surface area contributed by atoms with Gasteiger partial charge in [0.15, 0.2) is 0 Å². The Bertz CT molecular complexity index is 1140. The topological polar surface area (TPSA) is 44.8 Å². The van der Waals surface area contributed by atoms with Crippen molar-refractivity contribution in [1.82, 2.24) is 10.2 Å². The van der Waals surface area contributed by atoms with E-state index in [0.717, 1.165) is 48.3 Å². The number of benzene rings is 3. The standard InChI is InChI=1S/C29H31N3O2/c1-23(34-21-24-9-4-2-5-10-24)26-12-8-11-25(19-26)20-31-22-32(27-13-6-3-7-14-27)29(28(31)33)15-17-30-18-16-29/h2-14,19,30H,1,15-18,20-22H2. The number of ether oxygens (including phenoxy) is 1. The van der Waals surface area contributed by atoms with Crippen molar-refractivity contribution in [3.05, 3.63) is 108 Å². The molecule has 5 rings (SSSR count). The first-order valence-corrected chi connectivity index (χ1v) is 11.9. The predicted molar refractivity (Wildman–Crippen MR) is 136 cm³/mol. The summed E-state index contributed by atoms with van der Waals surface area (Å²) in [6.07, 6.45) is 1.64. The van der Waals surface area contributed by atoms with Gasteiger partial charge in [-0.15, -0.1) is 0 Å². The number of rotatable bonds is 7. The first-order valence-electron chi connectivity index (χ1n) is 11.9. The molecule has 2 fully saturated rings. The minimum Gasteiger partial charge on any atom is -0.489 e. The highest BCUT2D eigenvalue weighted by Crippen LogP contribution is 2.38. The van der Waals surface area contributed by atoms with Crippen LogP contribution < -0.4 is 10.2 Å². The van der Waals surface area contributed by atoms with Gasteiger partial charge in [-0.1, -0.05) is 73.3 Å². The van der Waals surface area contributed by atoms with Crippen LogP contribution >= 0.6 is 0 Å². The van der Waals surface area contributed by atoms with Crippen LogP contribution in [-0.4, -0.2) is 36.1 Å². The van der Waals surface area contributed by atoms with Gasteiger partial charge in [-0.2, -0.15) is 0 Å². The van der Waals surface area contributed by atoms with Crippen molar-refractivity contribution >= 4 is 17.4 Å². The summed E-state index contributed by atoms with van der Waals surface area (Å²) in [6.45, 7) is 7.49. The average molecular weight is 454 g/mol. The van der Waals surface area contributed by atoms with E-state index in [2.05, 4.69) is 41.1 Å². The van der Waals surface area contributed by atoms with Crippen LogP contribution in [0, 0.1) is 0 Å². The molecule has 34 heavy (non-hydrogen) atoms. The van der Waals surface area contributed by atoms with Crippen molar-refractivity contribution in [2.75, 3.05) is 24.7 Å². The van der Waals surface area contributed by atoms with Crippen LogP contribution in [0.15, 0.2) is 91.5 Å². The monoisotopic (exact) mass is 453 g/mol. The minimum absolute atomic E-state index is 0.224. The third kappa shape index (κ3) is 4.44. The second-order valence-corrected chi connectivity index (χ2v) is 9.09. The van der Waals surface area contributed by atoms with Crippen LogP contribution in [0.4, 0.5) is 5.69 Å². The summed E-state index contributed by atoms with van der Waals surface area (Å²) >= 11 is 0. The number of amides is 1. The minimum atomic E-state index is -0.466. The van der Waals surface area contributed by atoms with Gasteiger partial charge in [-0.05, 0) is 55.3 Å². The summed E-state index contributed by atoms with van der Waals surface area (Å²) in [5, 5.41) is 3.42. The molecular weight excluding hydrogens is 422 g/mol. The van der Waals surface area contributed by atoms with Gasteiger partial charge < -0.3 is 19.9 Å². The normalized spacial score (nSPS) is 17.2. The first-order chi connectivity index (χ1) is 16.7. The van der Waals surface area contributed by atoms with Gasteiger partial charge in [0.05, 0.1) is 6.67 Å². The summed E-state index contributed by atoms with van der Waals surface area (Å²) in [7, 11) is 0. The molecule has 1 spiro atoms. The summed E-state index contributed by atoms with van der Waals surface area (Å²) in [4.78, 5) is 18.1. The lowest BCUT2D eigenvalue weighted by molar-refractivity contribution is -0.133. The van der Waals surface area contributed by atoms with Gasteiger partial charge in [0.25, 0.3) is 0 Å². The molecule has 2 aliphatic heterocycles. The summed E-state index contributed by atoms with van der Waals surface area (Å²) < 4.78 is 5.93. The van der Waals surface area contributed by atoms with E-state index in [0.29, 0.717) is 25.6 Å². The second-order valence-electron chi connectivity index (χ2n) is 9.09. The van der Waals surface area contributed by atoms with Crippen LogP contribution in [-0.2, 0) is 22.7 Å². The molecule has 3 aromatic rings. The van der Waals surface area contributed by atoms with Gasteiger partial charge in [0.1, 0.15) is 17.9 Å². The van der Waals surface area contributed by atoms with E-state index in [9.17, 15) is 4.79 Å². The Morgan fingerprint density at radius 2 is 1.59 bits per heavy atom. The van der Waals surface area contributed by atoms with Crippen LogP contribution in [0.1, 0.15) is 29.5 Å². The molecule has 3 aromatic carbocycles. The number of anilines is 1. The maximum absolute atomic E-state index is 13.8. The molecule has 1 amide bonds. The Kier molecular flexibility index (Phi) is 6.37. The molecule has 174 valence electrons. The lowest BCUT2D eigenvalue weighted by atomic mass is 9.86. The Balaban J connectivity index is 1.32. The van der Waals surface area contributed by atoms with E-state index in [1.54, 1.807) is 0 Å². The van der Waals surface area contributed by atoms with E-state index in [-0.39, 0.29) is 5.91 Å². The number of para-hydroxylation sites is 1. The number of nitrogens with one attached hydrogen (secondary N) is 1. The van der Waals surface area contributed by atoms with Crippen molar-refractivity contribution in [3.8, 4) is 0 Å². The number of hydrogen-bond donors (Lipinski definition) is 1. The summed E-state index contributed by atoms with van der Waals surface area (Å²) in [5.41, 5.74) is 3.77. The Morgan fingerprint density at radius 3 is 2.32 bits per heavy atom. The maximum atomic E-state index is 13.8. The fourth-order valence-electron chi connectivity index (χ4n) is 5.05. The number of carbonyl (C=O) groups excluding carboxylic acids is 1. The van der Waals surface area contributed by atoms with E-state index in [4.69, 9.17) is 4.74 Å². The zero-order valence-electron chi connectivity index (χ0n) is 19.5. The smallest absolute Gasteiger partial charge is 0.250 e. The lowest BCUT2D eigenvalue weighted by Gasteiger charge is -2.40. The molecule has 0 bridgehead atoms. The Morgan fingerprint density at radius 1 is 0.912 bits per heavy atom. The Labute approximate surface area is 201 Å². The third-order valence-electron chi connectivity index (χ3n) is 6.89. The molecule has 0 saturated carbocycles. The number of hydrogen-bond acceptors (Lipinski definition) is 4. The van der Waals surface area contributed by atoms with Crippen molar-refractivity contribution in [2.24, 2.45) is 0 Å². The fourth-order valence-corrected chi connectivity index (χ4v) is 5.05. The van der Waals surface area contributed by atoms with Crippen molar-refractivity contribution in [3.63, 3.8) is 0 Å².